The molecule has 2 N–H and O–H groups in total. The minimum Gasteiger partial charge on any atom is -0.324 e. The molecule has 4 nitrogen and oxygen atoms in total. The second kappa shape index (κ2) is 3.88. The first-order valence-corrected chi connectivity index (χ1v) is 5.96. The van der Waals surface area contributed by atoms with Gasteiger partial charge in [0, 0.05) is 6.54 Å². The number of rotatable bonds is 3. The molecule has 1 atom stereocenters. The lowest BCUT2D eigenvalue weighted by molar-refractivity contribution is 0.306. The van der Waals surface area contributed by atoms with Crippen LogP contribution in [0.15, 0.2) is 0 Å². The van der Waals surface area contributed by atoms with Crippen LogP contribution in [0.3, 0.4) is 0 Å². The van der Waals surface area contributed by atoms with Gasteiger partial charge in [-0.15, -0.1) is 0 Å². The summed E-state index contributed by atoms with van der Waals surface area (Å²) < 4.78 is 10.8. The summed E-state index contributed by atoms with van der Waals surface area (Å²) in [4.78, 5) is 19.8. The van der Waals surface area contributed by atoms with Crippen molar-refractivity contribution in [1.82, 2.24) is 4.90 Å². The molecule has 1 aliphatic heterocycles. The fraction of sp³-hybridized carbons (Fsp3) is 1.00. The van der Waals surface area contributed by atoms with Gasteiger partial charge in [-0.25, -0.2) is 0 Å². The molecular formula is C7H16NO3P. The standard InChI is InChI=1S/C7H16NO3P/c1-7(12(9,10)11)6-8-4-2-3-5-8/h7H,2-6H2,1H3,(H2,9,10,11). The fourth-order valence-corrected chi connectivity index (χ4v) is 1.89. The van der Waals surface area contributed by atoms with Crippen LogP contribution in [0.5, 0.6) is 0 Å². The number of nitrogens with zero attached hydrogens (tertiary/aromatic N) is 1. The third kappa shape index (κ3) is 2.87. The third-order valence-electron chi connectivity index (χ3n) is 2.30. The maximum atomic E-state index is 10.8. The Balaban J connectivity index is 2.35. The van der Waals surface area contributed by atoms with Crippen LogP contribution in [0.1, 0.15) is 19.8 Å². The van der Waals surface area contributed by atoms with E-state index in [1.807, 2.05) is 0 Å². The molecule has 1 fully saturated rings. The van der Waals surface area contributed by atoms with E-state index in [0.29, 0.717) is 6.54 Å². The highest BCUT2D eigenvalue weighted by molar-refractivity contribution is 7.52. The van der Waals surface area contributed by atoms with Crippen molar-refractivity contribution in [2.75, 3.05) is 19.6 Å². The first kappa shape index (κ1) is 10.2. The van der Waals surface area contributed by atoms with Gasteiger partial charge >= 0.3 is 7.60 Å². The van der Waals surface area contributed by atoms with Crippen LogP contribution < -0.4 is 0 Å². The molecule has 0 aromatic heterocycles. The smallest absolute Gasteiger partial charge is 0.324 e. The molecule has 0 aliphatic carbocycles. The Morgan fingerprint density at radius 1 is 1.42 bits per heavy atom. The average Bonchev–Trinajstić information content (AvgIpc) is 2.37. The molecule has 1 saturated heterocycles. The van der Waals surface area contributed by atoms with Crippen LogP contribution >= 0.6 is 7.60 Å². The van der Waals surface area contributed by atoms with Crippen LogP contribution in [-0.4, -0.2) is 40.0 Å². The van der Waals surface area contributed by atoms with Crippen LogP contribution in [0.4, 0.5) is 0 Å². The minimum absolute atomic E-state index is 0.518. The van der Waals surface area contributed by atoms with E-state index in [1.54, 1.807) is 6.92 Å². The van der Waals surface area contributed by atoms with Gasteiger partial charge in [-0.05, 0) is 32.9 Å². The molecule has 12 heavy (non-hydrogen) atoms. The molecule has 1 unspecified atom stereocenters. The van der Waals surface area contributed by atoms with E-state index in [4.69, 9.17) is 9.79 Å². The molecule has 0 radical (unpaired) electrons. The highest BCUT2D eigenvalue weighted by atomic mass is 31.2. The Morgan fingerprint density at radius 2 is 1.92 bits per heavy atom. The van der Waals surface area contributed by atoms with E-state index in [2.05, 4.69) is 4.90 Å². The summed E-state index contributed by atoms with van der Waals surface area (Å²) in [5.41, 5.74) is -0.518. The van der Waals surface area contributed by atoms with Crippen molar-refractivity contribution in [2.24, 2.45) is 0 Å². The molecule has 0 saturated carbocycles. The largest absolute Gasteiger partial charge is 0.329 e. The van der Waals surface area contributed by atoms with Gasteiger partial charge in [0.25, 0.3) is 0 Å². The van der Waals surface area contributed by atoms with Gasteiger partial charge in [-0.1, -0.05) is 0 Å². The van der Waals surface area contributed by atoms with E-state index in [9.17, 15) is 4.57 Å². The topological polar surface area (TPSA) is 60.8 Å². The molecule has 1 aliphatic rings. The summed E-state index contributed by atoms with van der Waals surface area (Å²) in [5.74, 6) is 0. The van der Waals surface area contributed by atoms with Gasteiger partial charge in [-0.3, -0.25) is 4.57 Å². The quantitative estimate of drug-likeness (QED) is 0.646. The van der Waals surface area contributed by atoms with Gasteiger partial charge < -0.3 is 14.7 Å². The monoisotopic (exact) mass is 193 g/mol. The van der Waals surface area contributed by atoms with Gasteiger partial charge in [0.1, 0.15) is 0 Å². The van der Waals surface area contributed by atoms with Crippen molar-refractivity contribution in [3.05, 3.63) is 0 Å². The van der Waals surface area contributed by atoms with Gasteiger partial charge in [0.05, 0.1) is 5.66 Å². The van der Waals surface area contributed by atoms with E-state index in [1.165, 1.54) is 0 Å². The highest BCUT2D eigenvalue weighted by Gasteiger charge is 2.26. The third-order valence-corrected chi connectivity index (χ3v) is 3.61. The molecule has 1 rings (SSSR count). The molecule has 0 aromatic rings. The maximum absolute atomic E-state index is 10.8. The number of hydrogen-bond donors (Lipinski definition) is 2. The lowest BCUT2D eigenvalue weighted by Gasteiger charge is -2.20. The summed E-state index contributed by atoms with van der Waals surface area (Å²) in [7, 11) is -3.85. The normalized spacial score (nSPS) is 22.9. The van der Waals surface area contributed by atoms with Crippen molar-refractivity contribution in [1.29, 1.82) is 0 Å². The number of hydrogen-bond acceptors (Lipinski definition) is 2. The first-order chi connectivity index (χ1) is 5.50. The summed E-state index contributed by atoms with van der Waals surface area (Å²) in [6.45, 7) is 4.12. The van der Waals surface area contributed by atoms with Crippen LogP contribution in [0, 0.1) is 0 Å². The Kier molecular flexibility index (Phi) is 3.29. The van der Waals surface area contributed by atoms with E-state index < -0.39 is 13.3 Å². The van der Waals surface area contributed by atoms with Crippen molar-refractivity contribution in [2.45, 2.75) is 25.4 Å². The summed E-state index contributed by atoms with van der Waals surface area (Å²) in [5, 5.41) is 0. The van der Waals surface area contributed by atoms with Crippen molar-refractivity contribution in [3.8, 4) is 0 Å². The van der Waals surface area contributed by atoms with Crippen molar-refractivity contribution in [3.63, 3.8) is 0 Å². The summed E-state index contributed by atoms with van der Waals surface area (Å²) >= 11 is 0. The zero-order valence-electron chi connectivity index (χ0n) is 7.31. The zero-order valence-corrected chi connectivity index (χ0v) is 8.20. The lowest BCUT2D eigenvalue weighted by Crippen LogP contribution is -2.28. The fourth-order valence-electron chi connectivity index (χ4n) is 1.45. The average molecular weight is 193 g/mol. The molecule has 1 heterocycles. The van der Waals surface area contributed by atoms with Crippen molar-refractivity contribution < 1.29 is 14.4 Å². The molecule has 0 spiro atoms. The van der Waals surface area contributed by atoms with Gasteiger partial charge in [-0.2, -0.15) is 0 Å². The molecule has 0 amide bonds. The zero-order chi connectivity index (χ0) is 9.19. The first-order valence-electron chi connectivity index (χ1n) is 4.28. The highest BCUT2D eigenvalue weighted by Crippen LogP contribution is 2.41. The minimum atomic E-state index is -3.85. The lowest BCUT2D eigenvalue weighted by atomic mass is 10.4. The summed E-state index contributed by atoms with van der Waals surface area (Å²) in [6.07, 6.45) is 2.32. The second-order valence-corrected chi connectivity index (χ2v) is 5.51. The van der Waals surface area contributed by atoms with Gasteiger partial charge in [0.2, 0.25) is 0 Å². The van der Waals surface area contributed by atoms with E-state index >= 15 is 0 Å². The molecule has 0 bridgehead atoms. The van der Waals surface area contributed by atoms with Crippen molar-refractivity contribution >= 4 is 7.60 Å². The van der Waals surface area contributed by atoms with Crippen LogP contribution in [0.2, 0.25) is 0 Å². The Morgan fingerprint density at radius 3 is 2.33 bits per heavy atom. The Hall–Kier alpha value is 0.110. The number of likely N-dealkylation sites (tertiary alicyclic amines) is 1. The van der Waals surface area contributed by atoms with Crippen LogP contribution in [-0.2, 0) is 4.57 Å². The van der Waals surface area contributed by atoms with E-state index in [0.717, 1.165) is 25.9 Å². The predicted octanol–water partition coefficient (Wildman–Crippen LogP) is 0.648. The van der Waals surface area contributed by atoms with Crippen LogP contribution in [0.25, 0.3) is 0 Å². The Bertz CT molecular complexity index is 185. The predicted molar refractivity (Wildman–Crippen MR) is 47.2 cm³/mol. The Labute approximate surface area is 72.7 Å². The summed E-state index contributed by atoms with van der Waals surface area (Å²) in [6, 6.07) is 0. The SMILES string of the molecule is CC(CN1CCCC1)P(=O)(O)O. The maximum Gasteiger partial charge on any atom is 0.329 e. The second-order valence-electron chi connectivity index (χ2n) is 3.45. The molecule has 72 valence electrons. The van der Waals surface area contributed by atoms with Gasteiger partial charge in [0.15, 0.2) is 0 Å². The van der Waals surface area contributed by atoms with E-state index in [-0.39, 0.29) is 0 Å². The molecule has 0 aromatic carbocycles. The molecular weight excluding hydrogens is 177 g/mol. The molecule has 5 heteroatoms.